The van der Waals surface area contributed by atoms with Crippen molar-refractivity contribution in [1.29, 1.82) is 0 Å². The summed E-state index contributed by atoms with van der Waals surface area (Å²) in [6.07, 6.45) is 4.99. The van der Waals surface area contributed by atoms with Crippen molar-refractivity contribution >= 4 is 40.9 Å². The summed E-state index contributed by atoms with van der Waals surface area (Å²) in [5.41, 5.74) is 1.81. The number of aliphatic hydroxyl groups is 1. The van der Waals surface area contributed by atoms with Crippen molar-refractivity contribution in [2.45, 2.75) is 49.1 Å². The van der Waals surface area contributed by atoms with Crippen molar-refractivity contribution in [2.24, 2.45) is 11.8 Å². The third-order valence-corrected chi connectivity index (χ3v) is 10.0. The summed E-state index contributed by atoms with van der Waals surface area (Å²) in [5.74, 6) is -1.97. The van der Waals surface area contributed by atoms with Gasteiger partial charge in [0, 0.05) is 49.4 Å². The van der Waals surface area contributed by atoms with Gasteiger partial charge in [0.1, 0.15) is 12.6 Å². The predicted molar refractivity (Wildman–Crippen MR) is 151 cm³/mol. The highest BCUT2D eigenvalue weighted by atomic mass is 32.2. The Balaban J connectivity index is 1.70. The zero-order chi connectivity index (χ0) is 27.4. The number of amides is 2. The highest BCUT2D eigenvalue weighted by Gasteiger charge is 2.74. The molecular weight excluding hydrogens is 502 g/mol. The van der Waals surface area contributed by atoms with Crippen LogP contribution in [0.5, 0.6) is 0 Å². The number of benzene rings is 1. The number of hydrogen-bond donors (Lipinski definition) is 1. The van der Waals surface area contributed by atoms with Crippen LogP contribution in [0.15, 0.2) is 49.6 Å². The number of rotatable bonds is 13. The Kier molecular flexibility index (Phi) is 8.88. The molecule has 1 N–H and O–H groups in total. The minimum absolute atomic E-state index is 0.0576. The number of nitrogens with zero attached hydrogens (tertiary/aromatic N) is 3. The summed E-state index contributed by atoms with van der Waals surface area (Å²) in [6, 6.07) is 7.16. The van der Waals surface area contributed by atoms with E-state index >= 15 is 0 Å². The fraction of sp³-hybridized carbons (Fsp3) is 0.552. The summed E-state index contributed by atoms with van der Waals surface area (Å²) in [6.45, 7) is 14.0. The first-order chi connectivity index (χ1) is 18.4. The van der Waals surface area contributed by atoms with Crippen LogP contribution in [0.3, 0.4) is 0 Å². The van der Waals surface area contributed by atoms with Crippen molar-refractivity contribution in [1.82, 2.24) is 4.90 Å². The van der Waals surface area contributed by atoms with Crippen LogP contribution in [0.25, 0.3) is 0 Å². The lowest BCUT2D eigenvalue weighted by Crippen LogP contribution is -2.55. The van der Waals surface area contributed by atoms with Crippen LogP contribution in [0.2, 0.25) is 0 Å². The van der Waals surface area contributed by atoms with Gasteiger partial charge in [-0.3, -0.25) is 14.4 Å². The van der Waals surface area contributed by atoms with Crippen LogP contribution < -0.4 is 9.80 Å². The maximum Gasteiger partial charge on any atom is 0.311 e. The normalized spacial score (nSPS) is 27.2. The first-order valence-corrected chi connectivity index (χ1v) is 14.4. The second-order valence-electron chi connectivity index (χ2n) is 10.0. The molecule has 1 aromatic carbocycles. The van der Waals surface area contributed by atoms with Crippen LogP contribution in [-0.2, 0) is 19.1 Å². The molecule has 4 rings (SSSR count). The monoisotopic (exact) mass is 541 g/mol. The molecule has 1 spiro atoms. The van der Waals surface area contributed by atoms with Gasteiger partial charge in [-0.2, -0.15) is 0 Å². The zero-order valence-electron chi connectivity index (χ0n) is 22.4. The van der Waals surface area contributed by atoms with E-state index in [1.54, 1.807) is 27.6 Å². The number of carbonyl (C=O) groups excluding carboxylic acids is 3. The molecule has 206 valence electrons. The Morgan fingerprint density at radius 1 is 1.18 bits per heavy atom. The van der Waals surface area contributed by atoms with E-state index in [0.717, 1.165) is 30.9 Å². The maximum absolute atomic E-state index is 14.4. The van der Waals surface area contributed by atoms with E-state index in [9.17, 15) is 19.5 Å². The van der Waals surface area contributed by atoms with E-state index < -0.39 is 28.6 Å². The summed E-state index contributed by atoms with van der Waals surface area (Å²) < 4.78 is 4.70. The smallest absolute Gasteiger partial charge is 0.311 e. The molecule has 3 aliphatic rings. The number of aliphatic hydroxyl groups excluding tert-OH is 1. The van der Waals surface area contributed by atoms with Crippen LogP contribution in [0, 0.1) is 11.8 Å². The number of hydrogen-bond acceptors (Lipinski definition) is 7. The molecule has 3 saturated heterocycles. The molecule has 9 heteroatoms. The van der Waals surface area contributed by atoms with Gasteiger partial charge >= 0.3 is 5.97 Å². The van der Waals surface area contributed by atoms with Crippen molar-refractivity contribution in [3.63, 3.8) is 0 Å². The summed E-state index contributed by atoms with van der Waals surface area (Å²) in [7, 11) is 0. The summed E-state index contributed by atoms with van der Waals surface area (Å²) in [4.78, 5) is 46.9. The summed E-state index contributed by atoms with van der Waals surface area (Å²) >= 11 is 1.61. The van der Waals surface area contributed by atoms with Gasteiger partial charge in [-0.05, 0) is 57.4 Å². The molecule has 0 aromatic heterocycles. The van der Waals surface area contributed by atoms with Gasteiger partial charge in [-0.15, -0.1) is 18.3 Å². The topological polar surface area (TPSA) is 90.4 Å². The molecule has 0 aliphatic carbocycles. The van der Waals surface area contributed by atoms with E-state index in [4.69, 9.17) is 4.74 Å². The molecule has 8 nitrogen and oxygen atoms in total. The first-order valence-electron chi connectivity index (χ1n) is 13.5. The number of likely N-dealkylation sites (tertiary alicyclic amines) is 1. The Labute approximate surface area is 229 Å². The molecule has 2 bridgehead atoms. The lowest BCUT2D eigenvalue weighted by Gasteiger charge is -2.37. The molecule has 0 saturated carbocycles. The van der Waals surface area contributed by atoms with Crippen molar-refractivity contribution in [3.05, 3.63) is 49.6 Å². The zero-order valence-corrected chi connectivity index (χ0v) is 23.2. The lowest BCUT2D eigenvalue weighted by atomic mass is 9.71. The third kappa shape index (κ3) is 4.75. The third-order valence-electron chi connectivity index (χ3n) is 8.07. The predicted octanol–water partition coefficient (Wildman–Crippen LogP) is 3.25. The standard InChI is InChI=1S/C29H39N3O5S/c1-5-16-31(21-12-10-20(11-13-21)30(7-3)8-4)27(35)25-29-15-14-22(38-29)23(28(36)37-19-6-2)24(29)26(34)32(25)17-9-18-33/h5-6,10-13,22-25,33H,1-2,7-9,14-19H2,3-4H3/t22-,23+,24-,25?,29?/m0/s1. The Morgan fingerprint density at radius 2 is 1.87 bits per heavy atom. The maximum atomic E-state index is 14.4. The van der Waals surface area contributed by atoms with E-state index in [1.807, 2.05) is 24.3 Å². The lowest BCUT2D eigenvalue weighted by molar-refractivity contribution is -0.153. The van der Waals surface area contributed by atoms with Gasteiger partial charge in [0.2, 0.25) is 5.91 Å². The average molecular weight is 542 g/mol. The number of esters is 1. The number of anilines is 2. The largest absolute Gasteiger partial charge is 0.461 e. The van der Waals surface area contributed by atoms with Crippen LogP contribution in [0.4, 0.5) is 11.4 Å². The quantitative estimate of drug-likeness (QED) is 0.303. The molecule has 3 fully saturated rings. The van der Waals surface area contributed by atoms with Gasteiger partial charge in [0.25, 0.3) is 5.91 Å². The molecule has 2 unspecified atom stereocenters. The Hall–Kier alpha value is -2.78. The molecule has 0 radical (unpaired) electrons. The van der Waals surface area contributed by atoms with Crippen molar-refractivity contribution < 1.29 is 24.2 Å². The van der Waals surface area contributed by atoms with Gasteiger partial charge in [-0.1, -0.05) is 18.7 Å². The van der Waals surface area contributed by atoms with Gasteiger partial charge in [0.05, 0.1) is 16.6 Å². The molecule has 2 amide bonds. The van der Waals surface area contributed by atoms with Crippen LogP contribution in [-0.4, -0.2) is 83.2 Å². The van der Waals surface area contributed by atoms with Crippen LogP contribution >= 0.6 is 11.8 Å². The number of carbonyl (C=O) groups is 3. The van der Waals surface area contributed by atoms with Gasteiger partial charge in [0.15, 0.2) is 0 Å². The fourth-order valence-corrected chi connectivity index (χ4v) is 8.65. The second-order valence-corrected chi connectivity index (χ2v) is 11.6. The Bertz CT molecular complexity index is 1060. The van der Waals surface area contributed by atoms with E-state index in [-0.39, 0.29) is 36.8 Å². The van der Waals surface area contributed by atoms with E-state index in [0.29, 0.717) is 19.4 Å². The molecule has 1 aromatic rings. The molecule has 3 aliphatic heterocycles. The average Bonchev–Trinajstić information content (AvgIpc) is 3.57. The first kappa shape index (κ1) is 28.2. The summed E-state index contributed by atoms with van der Waals surface area (Å²) in [5, 5.41) is 9.49. The van der Waals surface area contributed by atoms with Crippen LogP contribution in [0.1, 0.15) is 33.1 Å². The highest BCUT2D eigenvalue weighted by Crippen LogP contribution is 2.66. The van der Waals surface area contributed by atoms with E-state index in [1.165, 1.54) is 6.08 Å². The SMILES string of the molecule is C=CCOC(=O)[C@@H]1[C@@H]2CCC3(S2)C(C(=O)N(CC=C)c2ccc(N(CC)CC)cc2)N(CCCO)C(=O)[C@H]13. The molecule has 38 heavy (non-hydrogen) atoms. The molecule has 5 atom stereocenters. The van der Waals surface area contributed by atoms with Crippen molar-refractivity contribution in [2.75, 3.05) is 49.2 Å². The fourth-order valence-electron chi connectivity index (χ4n) is 6.45. The minimum Gasteiger partial charge on any atom is -0.461 e. The number of thioether (sulfide) groups is 1. The minimum atomic E-state index is -0.735. The molecule has 3 heterocycles. The van der Waals surface area contributed by atoms with E-state index in [2.05, 4.69) is 31.9 Å². The molecular formula is C29H39N3O5S. The Morgan fingerprint density at radius 3 is 2.47 bits per heavy atom. The number of fused-ring (bicyclic) bond motifs is 1. The van der Waals surface area contributed by atoms with Gasteiger partial charge in [-0.25, -0.2) is 0 Å². The number of ether oxygens (including phenoxy) is 1. The highest BCUT2D eigenvalue weighted by molar-refractivity contribution is 8.02. The van der Waals surface area contributed by atoms with Crippen molar-refractivity contribution in [3.8, 4) is 0 Å². The van der Waals surface area contributed by atoms with Gasteiger partial charge < -0.3 is 24.5 Å². The second kappa shape index (κ2) is 11.9.